The van der Waals surface area contributed by atoms with Crippen LogP contribution in [0.3, 0.4) is 0 Å². The molecule has 0 saturated carbocycles. The van der Waals surface area contributed by atoms with Gasteiger partial charge in [0.2, 0.25) is 0 Å². The van der Waals surface area contributed by atoms with Crippen LogP contribution in [0.4, 0.5) is 0 Å². The first-order valence-electron chi connectivity index (χ1n) is 3.25. The van der Waals surface area contributed by atoms with Gasteiger partial charge in [-0.2, -0.15) is 0 Å². The molecule has 0 fully saturated rings. The first-order valence-corrected chi connectivity index (χ1v) is 3.25. The number of ketones is 1. The normalized spacial score (nSPS) is 8.80. The van der Waals surface area contributed by atoms with E-state index in [0.717, 1.165) is 6.42 Å². The Morgan fingerprint density at radius 3 is 2.90 bits per heavy atom. The molecular weight excluding hydrogens is 128 g/mol. The number of terminal acetylenes is 1. The van der Waals surface area contributed by atoms with E-state index in [0.29, 0.717) is 13.0 Å². The minimum absolute atomic E-state index is 0.125. The summed E-state index contributed by atoms with van der Waals surface area (Å²) in [7, 11) is 1.62. The van der Waals surface area contributed by atoms with Gasteiger partial charge in [-0.25, -0.2) is 0 Å². The summed E-state index contributed by atoms with van der Waals surface area (Å²) in [5.41, 5.74) is 0. The van der Waals surface area contributed by atoms with Gasteiger partial charge >= 0.3 is 0 Å². The van der Waals surface area contributed by atoms with Crippen molar-refractivity contribution in [1.29, 1.82) is 0 Å². The van der Waals surface area contributed by atoms with Gasteiger partial charge in [0.15, 0.2) is 0 Å². The van der Waals surface area contributed by atoms with Gasteiger partial charge in [-0.1, -0.05) is 5.92 Å². The second-order valence-corrected chi connectivity index (χ2v) is 2.02. The number of carbonyl (C=O) groups is 1. The van der Waals surface area contributed by atoms with Gasteiger partial charge in [-0.15, -0.1) is 6.42 Å². The highest BCUT2D eigenvalue weighted by atomic mass is 16.5. The molecule has 0 spiro atoms. The minimum atomic E-state index is 0.125. The van der Waals surface area contributed by atoms with Crippen molar-refractivity contribution in [2.24, 2.45) is 0 Å². The summed E-state index contributed by atoms with van der Waals surface area (Å²) in [6.07, 6.45) is 6.50. The SMILES string of the molecule is C#CCC(=O)CCCOC. The molecule has 0 aliphatic carbocycles. The van der Waals surface area contributed by atoms with Crippen LogP contribution in [0.5, 0.6) is 0 Å². The number of methoxy groups -OCH3 is 1. The van der Waals surface area contributed by atoms with E-state index in [1.165, 1.54) is 0 Å². The van der Waals surface area contributed by atoms with Gasteiger partial charge in [0.25, 0.3) is 0 Å². The van der Waals surface area contributed by atoms with Crippen molar-refractivity contribution in [3.63, 3.8) is 0 Å². The Labute approximate surface area is 61.6 Å². The molecule has 56 valence electrons. The number of rotatable bonds is 5. The van der Waals surface area contributed by atoms with Crippen LogP contribution in [0.1, 0.15) is 19.3 Å². The third kappa shape index (κ3) is 5.33. The summed E-state index contributed by atoms with van der Waals surface area (Å²) < 4.78 is 4.77. The maximum atomic E-state index is 10.7. The zero-order valence-corrected chi connectivity index (χ0v) is 6.22. The Hall–Kier alpha value is -0.810. The molecule has 10 heavy (non-hydrogen) atoms. The largest absolute Gasteiger partial charge is 0.385 e. The van der Waals surface area contributed by atoms with E-state index < -0.39 is 0 Å². The average molecular weight is 140 g/mol. The number of hydrogen-bond donors (Lipinski definition) is 0. The Morgan fingerprint density at radius 2 is 2.40 bits per heavy atom. The van der Waals surface area contributed by atoms with Crippen LogP contribution >= 0.6 is 0 Å². The molecule has 0 bridgehead atoms. The van der Waals surface area contributed by atoms with Crippen molar-refractivity contribution in [3.05, 3.63) is 0 Å². The molecule has 0 aliphatic rings. The fraction of sp³-hybridized carbons (Fsp3) is 0.625. The predicted octanol–water partition coefficient (Wildman–Crippen LogP) is 1.01. The predicted molar refractivity (Wildman–Crippen MR) is 39.6 cm³/mol. The maximum Gasteiger partial charge on any atom is 0.144 e. The first-order chi connectivity index (χ1) is 4.81. The lowest BCUT2D eigenvalue weighted by molar-refractivity contribution is -0.118. The first kappa shape index (κ1) is 9.19. The Balaban J connectivity index is 3.15. The van der Waals surface area contributed by atoms with Crippen molar-refractivity contribution in [1.82, 2.24) is 0 Å². The number of hydrogen-bond acceptors (Lipinski definition) is 2. The molecule has 0 N–H and O–H groups in total. The fourth-order valence-electron chi connectivity index (χ4n) is 0.616. The minimum Gasteiger partial charge on any atom is -0.385 e. The van der Waals surface area contributed by atoms with Crippen LogP contribution in [0.15, 0.2) is 0 Å². The molecule has 0 aromatic carbocycles. The molecule has 0 aromatic heterocycles. The van der Waals surface area contributed by atoms with Crippen molar-refractivity contribution in [3.8, 4) is 12.3 Å². The molecular formula is C8H12O2. The third-order valence-electron chi connectivity index (χ3n) is 1.10. The Bertz CT molecular complexity index is 133. The molecule has 2 heteroatoms. The molecule has 0 rings (SSSR count). The van der Waals surface area contributed by atoms with E-state index in [2.05, 4.69) is 5.92 Å². The van der Waals surface area contributed by atoms with Crippen LogP contribution in [0.25, 0.3) is 0 Å². The highest BCUT2D eigenvalue weighted by Gasteiger charge is 1.97. The monoisotopic (exact) mass is 140 g/mol. The molecule has 0 saturated heterocycles. The number of carbonyl (C=O) groups excluding carboxylic acids is 1. The maximum absolute atomic E-state index is 10.7. The molecule has 0 atom stereocenters. The van der Waals surface area contributed by atoms with Crippen LogP contribution < -0.4 is 0 Å². The molecule has 0 aromatic rings. The van der Waals surface area contributed by atoms with Crippen LogP contribution in [0, 0.1) is 12.3 Å². The molecule has 0 unspecified atom stereocenters. The van der Waals surface area contributed by atoms with Gasteiger partial charge < -0.3 is 4.74 Å². The highest BCUT2D eigenvalue weighted by Crippen LogP contribution is 1.93. The summed E-state index contributed by atoms with van der Waals surface area (Å²) in [5, 5.41) is 0. The van der Waals surface area contributed by atoms with Gasteiger partial charge in [0, 0.05) is 20.1 Å². The van der Waals surface area contributed by atoms with Gasteiger partial charge in [-0.3, -0.25) is 4.79 Å². The van der Waals surface area contributed by atoms with Crippen molar-refractivity contribution < 1.29 is 9.53 Å². The molecule has 0 radical (unpaired) electrons. The zero-order chi connectivity index (χ0) is 7.82. The number of ether oxygens (including phenoxy) is 1. The second-order valence-electron chi connectivity index (χ2n) is 2.02. The van der Waals surface area contributed by atoms with E-state index in [-0.39, 0.29) is 12.2 Å². The van der Waals surface area contributed by atoms with Gasteiger partial charge in [0.05, 0.1) is 6.42 Å². The third-order valence-corrected chi connectivity index (χ3v) is 1.10. The van der Waals surface area contributed by atoms with E-state index in [9.17, 15) is 4.79 Å². The van der Waals surface area contributed by atoms with Crippen molar-refractivity contribution >= 4 is 5.78 Å². The van der Waals surface area contributed by atoms with E-state index in [1.54, 1.807) is 7.11 Å². The van der Waals surface area contributed by atoms with Crippen molar-refractivity contribution in [2.75, 3.05) is 13.7 Å². The Morgan fingerprint density at radius 1 is 1.70 bits per heavy atom. The lowest BCUT2D eigenvalue weighted by atomic mass is 10.2. The molecule has 0 heterocycles. The molecule has 2 nitrogen and oxygen atoms in total. The van der Waals surface area contributed by atoms with E-state index in [4.69, 9.17) is 11.2 Å². The molecule has 0 amide bonds. The van der Waals surface area contributed by atoms with Crippen LogP contribution in [0.2, 0.25) is 0 Å². The van der Waals surface area contributed by atoms with E-state index >= 15 is 0 Å². The van der Waals surface area contributed by atoms with Gasteiger partial charge in [-0.05, 0) is 6.42 Å². The van der Waals surface area contributed by atoms with E-state index in [1.807, 2.05) is 0 Å². The lowest BCUT2D eigenvalue weighted by Crippen LogP contribution is -1.98. The summed E-state index contributed by atoms with van der Waals surface area (Å²) in [6, 6.07) is 0. The van der Waals surface area contributed by atoms with Crippen molar-refractivity contribution in [2.45, 2.75) is 19.3 Å². The topological polar surface area (TPSA) is 26.3 Å². The zero-order valence-electron chi connectivity index (χ0n) is 6.22. The summed E-state index contributed by atoms with van der Waals surface area (Å²) in [4.78, 5) is 10.7. The number of Topliss-reactive ketones (excluding diaryl/α,β-unsaturated/α-hetero) is 1. The smallest absolute Gasteiger partial charge is 0.144 e. The summed E-state index contributed by atoms with van der Waals surface area (Å²) >= 11 is 0. The lowest BCUT2D eigenvalue weighted by Gasteiger charge is -1.95. The fourth-order valence-corrected chi connectivity index (χ4v) is 0.616. The highest BCUT2D eigenvalue weighted by molar-refractivity contribution is 5.80. The quantitative estimate of drug-likeness (QED) is 0.420. The summed E-state index contributed by atoms with van der Waals surface area (Å²) in [6.45, 7) is 0.635. The van der Waals surface area contributed by atoms with Gasteiger partial charge in [0.1, 0.15) is 5.78 Å². The van der Waals surface area contributed by atoms with Crippen LogP contribution in [-0.2, 0) is 9.53 Å². The Kier molecular flexibility index (Phi) is 5.80. The average Bonchev–Trinajstić information content (AvgIpc) is 1.89. The standard InChI is InChI=1S/C8H12O2/c1-3-5-8(9)6-4-7-10-2/h1H,4-7H2,2H3. The van der Waals surface area contributed by atoms with Crippen LogP contribution in [-0.4, -0.2) is 19.5 Å². The second kappa shape index (κ2) is 6.31. The summed E-state index contributed by atoms with van der Waals surface area (Å²) in [5.74, 6) is 2.43. The molecule has 0 aliphatic heterocycles.